The van der Waals surface area contributed by atoms with Crippen LogP contribution in [0.15, 0.2) is 12.2 Å². The average Bonchev–Trinajstić information content (AvgIpc) is 2.41. The van der Waals surface area contributed by atoms with Crippen LogP contribution in [0.1, 0.15) is 6.42 Å². The van der Waals surface area contributed by atoms with Crippen molar-refractivity contribution in [3.05, 3.63) is 12.2 Å². The highest BCUT2D eigenvalue weighted by atomic mass is 16.5. The van der Waals surface area contributed by atoms with Gasteiger partial charge in [0.25, 0.3) is 0 Å². The number of hydrogen-bond acceptors (Lipinski definition) is 3. The van der Waals surface area contributed by atoms with E-state index in [0.29, 0.717) is 0 Å². The molecule has 1 atom stereocenters. The molecule has 1 unspecified atom stereocenters. The van der Waals surface area contributed by atoms with E-state index in [9.17, 15) is 0 Å². The first-order valence-electron chi connectivity index (χ1n) is 3.33. The number of allylic oxidation sites excluding steroid dienone is 1. The number of hydrogen-bond donors (Lipinski definition) is 1. The molecule has 3 heteroatoms. The minimum atomic E-state index is 0.129. The number of nitriles is 1. The monoisotopic (exact) mass is 138 g/mol. The van der Waals surface area contributed by atoms with Gasteiger partial charge in [0.05, 0.1) is 12.7 Å². The molecular formula is C7H10N2O. The van der Waals surface area contributed by atoms with Gasteiger partial charge in [-0.05, 0) is 0 Å². The molecule has 0 spiro atoms. The first-order chi connectivity index (χ1) is 4.93. The van der Waals surface area contributed by atoms with Gasteiger partial charge in [0.15, 0.2) is 0 Å². The zero-order valence-corrected chi connectivity index (χ0v) is 5.71. The Bertz CT molecular complexity index is 153. The van der Waals surface area contributed by atoms with E-state index < -0.39 is 0 Å². The molecule has 0 aromatic rings. The summed E-state index contributed by atoms with van der Waals surface area (Å²) in [4.78, 5) is 0. The summed E-state index contributed by atoms with van der Waals surface area (Å²) in [7, 11) is 0. The minimum absolute atomic E-state index is 0.129. The molecule has 0 amide bonds. The molecule has 1 heterocycles. The highest BCUT2D eigenvalue weighted by Crippen LogP contribution is 2.00. The van der Waals surface area contributed by atoms with Crippen LogP contribution in [0.5, 0.6) is 0 Å². The van der Waals surface area contributed by atoms with Gasteiger partial charge in [-0.25, -0.2) is 0 Å². The number of ether oxygens (including phenoxy) is 1. The van der Waals surface area contributed by atoms with Gasteiger partial charge in [-0.2, -0.15) is 5.26 Å². The lowest BCUT2D eigenvalue weighted by molar-refractivity contribution is 0.104. The topological polar surface area (TPSA) is 45.0 Å². The molecule has 1 rings (SSSR count). The standard InChI is InChI=1S/C7H10N2O/c8-4-2-1-3-7-9-5-6-10-7/h1-2,7,9H,3,5-6H2. The third kappa shape index (κ3) is 2.18. The van der Waals surface area contributed by atoms with Crippen molar-refractivity contribution in [1.29, 1.82) is 5.26 Å². The molecule has 1 aliphatic heterocycles. The van der Waals surface area contributed by atoms with E-state index in [1.165, 1.54) is 6.08 Å². The summed E-state index contributed by atoms with van der Waals surface area (Å²) >= 11 is 0. The Hall–Kier alpha value is -0.850. The first kappa shape index (κ1) is 7.26. The van der Waals surface area contributed by atoms with E-state index in [1.54, 1.807) is 0 Å². The van der Waals surface area contributed by atoms with Gasteiger partial charge in [-0.15, -0.1) is 0 Å². The third-order valence-corrected chi connectivity index (χ3v) is 1.34. The lowest BCUT2D eigenvalue weighted by atomic mass is 10.3. The van der Waals surface area contributed by atoms with Crippen molar-refractivity contribution in [2.24, 2.45) is 0 Å². The van der Waals surface area contributed by atoms with Crippen LogP contribution in [0.4, 0.5) is 0 Å². The maximum absolute atomic E-state index is 8.14. The highest BCUT2D eigenvalue weighted by Gasteiger charge is 2.11. The van der Waals surface area contributed by atoms with Crippen LogP contribution in [0.2, 0.25) is 0 Å². The lowest BCUT2D eigenvalue weighted by Gasteiger charge is -2.03. The molecule has 1 aliphatic rings. The quantitative estimate of drug-likeness (QED) is 0.562. The van der Waals surface area contributed by atoms with Gasteiger partial charge in [0.2, 0.25) is 0 Å². The third-order valence-electron chi connectivity index (χ3n) is 1.34. The SMILES string of the molecule is N#CC=CCC1NCCO1. The first-order valence-corrected chi connectivity index (χ1v) is 3.33. The Kier molecular flexibility index (Phi) is 2.94. The Morgan fingerprint density at radius 2 is 2.70 bits per heavy atom. The van der Waals surface area contributed by atoms with Gasteiger partial charge in [0, 0.05) is 19.0 Å². The van der Waals surface area contributed by atoms with E-state index >= 15 is 0 Å². The Labute approximate surface area is 60.3 Å². The van der Waals surface area contributed by atoms with Crippen molar-refractivity contribution in [2.75, 3.05) is 13.2 Å². The van der Waals surface area contributed by atoms with Crippen molar-refractivity contribution >= 4 is 0 Å². The summed E-state index contributed by atoms with van der Waals surface area (Å²) in [5.74, 6) is 0. The zero-order valence-electron chi connectivity index (χ0n) is 5.71. The maximum atomic E-state index is 8.14. The molecule has 0 saturated carbocycles. The van der Waals surface area contributed by atoms with E-state index in [1.807, 2.05) is 12.1 Å². The predicted octanol–water partition coefficient (Wildman–Crippen LogP) is 0.402. The number of nitrogens with zero attached hydrogens (tertiary/aromatic N) is 1. The second kappa shape index (κ2) is 4.04. The molecule has 0 aliphatic carbocycles. The van der Waals surface area contributed by atoms with Gasteiger partial charge in [-0.1, -0.05) is 6.08 Å². The van der Waals surface area contributed by atoms with Crippen LogP contribution >= 0.6 is 0 Å². The number of nitrogens with one attached hydrogen (secondary N) is 1. The van der Waals surface area contributed by atoms with Crippen LogP contribution in [0.25, 0.3) is 0 Å². The minimum Gasteiger partial charge on any atom is -0.362 e. The average molecular weight is 138 g/mol. The summed E-state index contributed by atoms with van der Waals surface area (Å²) in [5.41, 5.74) is 0. The molecule has 54 valence electrons. The van der Waals surface area contributed by atoms with Crippen molar-refractivity contribution in [2.45, 2.75) is 12.6 Å². The van der Waals surface area contributed by atoms with E-state index in [2.05, 4.69) is 5.32 Å². The molecule has 3 nitrogen and oxygen atoms in total. The molecule has 1 N–H and O–H groups in total. The van der Waals surface area contributed by atoms with E-state index in [4.69, 9.17) is 10.00 Å². The molecule has 0 aromatic carbocycles. The van der Waals surface area contributed by atoms with Gasteiger partial charge < -0.3 is 4.74 Å². The Morgan fingerprint density at radius 3 is 3.30 bits per heavy atom. The fourth-order valence-electron chi connectivity index (χ4n) is 0.876. The molecule has 10 heavy (non-hydrogen) atoms. The fraction of sp³-hybridized carbons (Fsp3) is 0.571. The molecule has 0 radical (unpaired) electrons. The van der Waals surface area contributed by atoms with E-state index in [0.717, 1.165) is 19.6 Å². The largest absolute Gasteiger partial charge is 0.362 e. The van der Waals surface area contributed by atoms with Crippen LogP contribution in [-0.4, -0.2) is 19.4 Å². The normalized spacial score (nSPS) is 25.3. The number of rotatable bonds is 2. The summed E-state index contributed by atoms with van der Waals surface area (Å²) in [5, 5.41) is 11.3. The molecule has 0 bridgehead atoms. The van der Waals surface area contributed by atoms with E-state index in [-0.39, 0.29) is 6.23 Å². The van der Waals surface area contributed by atoms with Crippen molar-refractivity contribution in [1.82, 2.24) is 5.32 Å². The zero-order chi connectivity index (χ0) is 7.23. The lowest BCUT2D eigenvalue weighted by Crippen LogP contribution is -2.21. The summed E-state index contributed by atoms with van der Waals surface area (Å²) in [6.45, 7) is 1.70. The highest BCUT2D eigenvalue weighted by molar-refractivity contribution is 5.02. The maximum Gasteiger partial charge on any atom is 0.111 e. The fourth-order valence-corrected chi connectivity index (χ4v) is 0.876. The predicted molar refractivity (Wildman–Crippen MR) is 37.1 cm³/mol. The summed E-state index contributed by atoms with van der Waals surface area (Å²) < 4.78 is 5.23. The van der Waals surface area contributed by atoms with Gasteiger partial charge >= 0.3 is 0 Å². The summed E-state index contributed by atoms with van der Waals surface area (Å²) in [6.07, 6.45) is 4.20. The smallest absolute Gasteiger partial charge is 0.111 e. The molecule has 1 fully saturated rings. The molecule has 0 aromatic heterocycles. The van der Waals surface area contributed by atoms with Crippen LogP contribution in [-0.2, 0) is 4.74 Å². The van der Waals surface area contributed by atoms with Crippen molar-refractivity contribution < 1.29 is 4.74 Å². The summed E-state index contributed by atoms with van der Waals surface area (Å²) in [6, 6.07) is 1.93. The Balaban J connectivity index is 2.13. The second-order valence-corrected chi connectivity index (χ2v) is 2.08. The second-order valence-electron chi connectivity index (χ2n) is 2.08. The van der Waals surface area contributed by atoms with Crippen LogP contribution in [0.3, 0.4) is 0 Å². The Morgan fingerprint density at radius 1 is 1.80 bits per heavy atom. The van der Waals surface area contributed by atoms with Crippen molar-refractivity contribution in [3.63, 3.8) is 0 Å². The van der Waals surface area contributed by atoms with Gasteiger partial charge in [0.1, 0.15) is 6.23 Å². The van der Waals surface area contributed by atoms with Crippen LogP contribution < -0.4 is 5.32 Å². The molecular weight excluding hydrogens is 128 g/mol. The van der Waals surface area contributed by atoms with Crippen molar-refractivity contribution in [3.8, 4) is 6.07 Å². The van der Waals surface area contributed by atoms with Gasteiger partial charge in [-0.3, -0.25) is 5.32 Å². The van der Waals surface area contributed by atoms with Crippen LogP contribution in [0, 0.1) is 11.3 Å². The molecule has 1 saturated heterocycles.